The van der Waals surface area contributed by atoms with Crippen molar-refractivity contribution in [1.82, 2.24) is 10.6 Å². The summed E-state index contributed by atoms with van der Waals surface area (Å²) >= 11 is 0. The fourth-order valence-corrected chi connectivity index (χ4v) is 3.15. The van der Waals surface area contributed by atoms with Crippen molar-refractivity contribution in [3.63, 3.8) is 0 Å². The Labute approximate surface area is 184 Å². The molecule has 31 heavy (non-hydrogen) atoms. The van der Waals surface area contributed by atoms with Gasteiger partial charge in [0.1, 0.15) is 12.4 Å². The van der Waals surface area contributed by atoms with Crippen LogP contribution >= 0.6 is 0 Å². The predicted octanol–water partition coefficient (Wildman–Crippen LogP) is 4.89. The number of rotatable bonds is 8. The van der Waals surface area contributed by atoms with E-state index < -0.39 is 0 Å². The van der Waals surface area contributed by atoms with E-state index in [1.54, 1.807) is 0 Å². The lowest BCUT2D eigenvalue weighted by Crippen LogP contribution is -2.38. The smallest absolute Gasteiger partial charge is 0.316 e. The fraction of sp³-hybridized carbons (Fsp3) is 0.148. The number of hydrogen-bond acceptors (Lipinski definition) is 2. The molecule has 2 amide bonds. The van der Waals surface area contributed by atoms with E-state index >= 15 is 0 Å². The van der Waals surface area contributed by atoms with Crippen molar-refractivity contribution in [2.24, 2.45) is 0 Å². The molecule has 3 rings (SSSR count). The van der Waals surface area contributed by atoms with Crippen molar-refractivity contribution in [2.45, 2.75) is 12.5 Å². The second-order valence-corrected chi connectivity index (χ2v) is 6.82. The molecule has 0 unspecified atom stereocenters. The van der Waals surface area contributed by atoms with Gasteiger partial charge in [-0.1, -0.05) is 96.8 Å². The van der Waals surface area contributed by atoms with Crippen LogP contribution in [0.1, 0.15) is 22.7 Å². The van der Waals surface area contributed by atoms with Gasteiger partial charge in [-0.15, -0.1) is 6.58 Å². The van der Waals surface area contributed by atoms with Crippen molar-refractivity contribution in [2.75, 3.05) is 13.2 Å². The highest BCUT2D eigenvalue weighted by molar-refractivity contribution is 5.75. The lowest BCUT2D eigenvalue weighted by atomic mass is 9.99. The largest absolute Gasteiger partial charge is 0.481 e. The van der Waals surface area contributed by atoms with Gasteiger partial charge in [-0.2, -0.15) is 0 Å². The monoisotopic (exact) mass is 410 g/mol. The lowest BCUT2D eigenvalue weighted by molar-refractivity contribution is 0.240. The van der Waals surface area contributed by atoms with Crippen LogP contribution < -0.4 is 15.4 Å². The summed E-state index contributed by atoms with van der Waals surface area (Å²) in [6.07, 6.45) is 2.59. The summed E-state index contributed by atoms with van der Waals surface area (Å²) in [4.78, 5) is 12.4. The van der Waals surface area contributed by atoms with Crippen LogP contribution in [0.3, 0.4) is 0 Å². The highest BCUT2D eigenvalue weighted by Crippen LogP contribution is 2.21. The van der Waals surface area contributed by atoms with Gasteiger partial charge in [0.25, 0.3) is 0 Å². The van der Waals surface area contributed by atoms with Crippen LogP contribution in [0, 0.1) is 11.8 Å². The maximum absolute atomic E-state index is 12.4. The SMILES string of the molecule is C=CCc1ccccc1OCC#CCNC(=O)NC(c1ccccc1)c1ccccc1. The van der Waals surface area contributed by atoms with E-state index in [9.17, 15) is 4.79 Å². The first kappa shape index (κ1) is 21.7. The first-order valence-electron chi connectivity index (χ1n) is 10.2. The number of benzene rings is 3. The Morgan fingerprint density at radius 3 is 2.16 bits per heavy atom. The summed E-state index contributed by atoms with van der Waals surface area (Å²) in [6.45, 7) is 4.26. The second-order valence-electron chi connectivity index (χ2n) is 6.82. The van der Waals surface area contributed by atoms with Crippen LogP contribution in [0.5, 0.6) is 5.75 Å². The number of ether oxygens (including phenoxy) is 1. The summed E-state index contributed by atoms with van der Waals surface area (Å²) in [7, 11) is 0. The Morgan fingerprint density at radius 1 is 0.903 bits per heavy atom. The molecule has 0 bridgehead atoms. The molecule has 0 atom stereocenters. The minimum absolute atomic E-state index is 0.236. The molecule has 0 fully saturated rings. The molecule has 0 aliphatic carbocycles. The number of hydrogen-bond donors (Lipinski definition) is 2. The number of para-hydroxylation sites is 1. The van der Waals surface area contributed by atoms with E-state index in [0.29, 0.717) is 0 Å². The van der Waals surface area contributed by atoms with Gasteiger partial charge in [0.05, 0.1) is 12.6 Å². The van der Waals surface area contributed by atoms with Crippen molar-refractivity contribution in [3.8, 4) is 17.6 Å². The van der Waals surface area contributed by atoms with E-state index in [4.69, 9.17) is 4.74 Å². The Balaban J connectivity index is 1.51. The molecule has 4 nitrogen and oxygen atoms in total. The molecular weight excluding hydrogens is 384 g/mol. The van der Waals surface area contributed by atoms with Crippen molar-refractivity contribution < 1.29 is 9.53 Å². The van der Waals surface area contributed by atoms with Gasteiger partial charge >= 0.3 is 6.03 Å². The highest BCUT2D eigenvalue weighted by Gasteiger charge is 2.15. The highest BCUT2D eigenvalue weighted by atomic mass is 16.5. The number of allylic oxidation sites excluding steroid dienone is 1. The molecule has 2 N–H and O–H groups in total. The molecule has 0 saturated carbocycles. The standard InChI is InChI=1S/C27H26N2O2/c1-2-13-22-14-9-10-19-25(22)31-21-12-11-20-28-27(30)29-26(23-15-5-3-6-16-23)24-17-7-4-8-18-24/h2-10,14-19,26H,1,13,20-21H2,(H2,28,29,30). The fourth-order valence-electron chi connectivity index (χ4n) is 3.15. The van der Waals surface area contributed by atoms with E-state index in [1.165, 1.54) is 0 Å². The Kier molecular flexibility index (Phi) is 8.34. The molecule has 0 aromatic heterocycles. The third-order valence-corrected chi connectivity index (χ3v) is 4.64. The number of amides is 2. The zero-order valence-electron chi connectivity index (χ0n) is 17.4. The maximum Gasteiger partial charge on any atom is 0.316 e. The summed E-state index contributed by atoms with van der Waals surface area (Å²) in [5, 5.41) is 5.82. The van der Waals surface area contributed by atoms with Gasteiger partial charge in [-0.05, 0) is 29.2 Å². The quantitative estimate of drug-likeness (QED) is 0.411. The van der Waals surface area contributed by atoms with Crippen LogP contribution in [0.25, 0.3) is 0 Å². The Hall–Kier alpha value is -3.97. The van der Waals surface area contributed by atoms with Crippen LogP contribution in [-0.2, 0) is 6.42 Å². The maximum atomic E-state index is 12.4. The molecule has 0 heterocycles. The van der Waals surface area contributed by atoms with Gasteiger partial charge < -0.3 is 15.4 Å². The summed E-state index contributed by atoms with van der Waals surface area (Å²) in [6, 6.07) is 27.1. The van der Waals surface area contributed by atoms with E-state index in [0.717, 1.165) is 28.9 Å². The first-order valence-corrected chi connectivity index (χ1v) is 10.2. The van der Waals surface area contributed by atoms with Gasteiger partial charge in [0.15, 0.2) is 0 Å². The molecule has 0 saturated heterocycles. The Morgan fingerprint density at radius 2 is 1.52 bits per heavy atom. The number of urea groups is 1. The van der Waals surface area contributed by atoms with Gasteiger partial charge in [0.2, 0.25) is 0 Å². The van der Waals surface area contributed by atoms with Crippen LogP contribution in [0.15, 0.2) is 97.6 Å². The first-order chi connectivity index (χ1) is 15.3. The average molecular weight is 411 g/mol. The molecular formula is C27H26N2O2. The third kappa shape index (κ3) is 6.80. The number of nitrogens with one attached hydrogen (secondary N) is 2. The normalized spacial score (nSPS) is 9.97. The number of carbonyl (C=O) groups excluding carboxylic acids is 1. The molecule has 156 valence electrons. The second kappa shape index (κ2) is 11.9. The molecule has 4 heteroatoms. The van der Waals surface area contributed by atoms with Gasteiger partial charge in [-0.3, -0.25) is 0 Å². The molecule has 0 aliphatic rings. The zero-order chi connectivity index (χ0) is 21.7. The van der Waals surface area contributed by atoms with E-state index in [2.05, 4.69) is 29.1 Å². The van der Waals surface area contributed by atoms with E-state index in [-0.39, 0.29) is 25.2 Å². The minimum Gasteiger partial charge on any atom is -0.481 e. The molecule has 0 aliphatic heterocycles. The van der Waals surface area contributed by atoms with Crippen LogP contribution in [0.2, 0.25) is 0 Å². The summed E-state index contributed by atoms with van der Waals surface area (Å²) in [5.41, 5.74) is 3.10. The average Bonchev–Trinajstić information content (AvgIpc) is 2.82. The molecule has 3 aromatic carbocycles. The van der Waals surface area contributed by atoms with Crippen LogP contribution in [-0.4, -0.2) is 19.2 Å². The van der Waals surface area contributed by atoms with Crippen molar-refractivity contribution in [1.29, 1.82) is 0 Å². The van der Waals surface area contributed by atoms with E-state index in [1.807, 2.05) is 91.0 Å². The van der Waals surface area contributed by atoms with Gasteiger partial charge in [0, 0.05) is 0 Å². The molecule has 0 spiro atoms. The topological polar surface area (TPSA) is 50.4 Å². The summed E-state index contributed by atoms with van der Waals surface area (Å²) < 4.78 is 5.73. The van der Waals surface area contributed by atoms with Crippen molar-refractivity contribution >= 4 is 6.03 Å². The lowest BCUT2D eigenvalue weighted by Gasteiger charge is -2.19. The van der Waals surface area contributed by atoms with Crippen molar-refractivity contribution in [3.05, 3.63) is 114 Å². The zero-order valence-corrected chi connectivity index (χ0v) is 17.4. The van der Waals surface area contributed by atoms with Gasteiger partial charge in [-0.25, -0.2) is 4.79 Å². The van der Waals surface area contributed by atoms with Crippen LogP contribution in [0.4, 0.5) is 4.79 Å². The Bertz CT molecular complexity index is 997. The minimum atomic E-state index is -0.274. The number of carbonyl (C=O) groups is 1. The summed E-state index contributed by atoms with van der Waals surface area (Å²) in [5.74, 6) is 6.66. The molecule has 3 aromatic rings. The third-order valence-electron chi connectivity index (χ3n) is 4.64. The predicted molar refractivity (Wildman–Crippen MR) is 125 cm³/mol. The molecule has 0 radical (unpaired) electrons.